The summed E-state index contributed by atoms with van der Waals surface area (Å²) in [6.07, 6.45) is 1.67. The van der Waals surface area contributed by atoms with Crippen LogP contribution in [-0.2, 0) is 15.1 Å². The van der Waals surface area contributed by atoms with Crippen LogP contribution in [0.4, 0.5) is 5.69 Å². The van der Waals surface area contributed by atoms with Crippen LogP contribution in [0.15, 0.2) is 61.2 Å². The van der Waals surface area contributed by atoms with Crippen LogP contribution < -0.4 is 9.64 Å². The summed E-state index contributed by atoms with van der Waals surface area (Å²) in [6.45, 7) is 4.65. The average Bonchev–Trinajstić information content (AvgIpc) is 3.33. The Morgan fingerprint density at radius 2 is 1.91 bits per heavy atom. The van der Waals surface area contributed by atoms with Crippen molar-refractivity contribution in [2.75, 3.05) is 39.2 Å². The molecule has 3 atom stereocenters. The Balaban J connectivity index is 1.84. The Bertz CT molecular complexity index is 1190. The fourth-order valence-electron chi connectivity index (χ4n) is 5.78. The van der Waals surface area contributed by atoms with E-state index in [1.54, 1.807) is 30.0 Å². The first-order valence-electron chi connectivity index (χ1n) is 10.7. The maximum absolute atomic E-state index is 14.4. The Kier molecular flexibility index (Phi) is 5.15. The van der Waals surface area contributed by atoms with Crippen molar-refractivity contribution >= 4 is 45.8 Å². The summed E-state index contributed by atoms with van der Waals surface area (Å²) < 4.78 is 4.84. The molecule has 0 N–H and O–H groups in total. The quantitative estimate of drug-likeness (QED) is 0.495. The molecule has 0 bridgehead atoms. The molecular formula is C25H25N3O3S2. The van der Waals surface area contributed by atoms with Gasteiger partial charge in [0.1, 0.15) is 14.8 Å². The maximum Gasteiger partial charge on any atom is 0.254 e. The van der Waals surface area contributed by atoms with E-state index < -0.39 is 10.3 Å². The topological polar surface area (TPSA) is 53.1 Å². The second kappa shape index (κ2) is 7.68. The van der Waals surface area contributed by atoms with E-state index in [4.69, 9.17) is 17.0 Å². The summed E-state index contributed by atoms with van der Waals surface area (Å²) in [7, 11) is 5.30. The number of hydrogen-bond acceptors (Lipinski definition) is 6. The first-order valence-corrected chi connectivity index (χ1v) is 12.0. The number of likely N-dealkylation sites (N-methyl/N-ethyl adjacent to an activating group) is 2. The third-order valence-electron chi connectivity index (χ3n) is 7.17. The number of benzene rings is 2. The Hall–Kier alpha value is -2.68. The van der Waals surface area contributed by atoms with Crippen LogP contribution in [0.25, 0.3) is 0 Å². The molecule has 2 saturated heterocycles. The van der Waals surface area contributed by atoms with Crippen LogP contribution >= 0.6 is 24.0 Å². The van der Waals surface area contributed by atoms with Gasteiger partial charge in [-0.15, -0.1) is 6.58 Å². The van der Waals surface area contributed by atoms with Crippen LogP contribution in [0.3, 0.4) is 0 Å². The van der Waals surface area contributed by atoms with Crippen molar-refractivity contribution in [1.82, 2.24) is 9.80 Å². The van der Waals surface area contributed by atoms with E-state index in [-0.39, 0.29) is 17.7 Å². The summed E-state index contributed by atoms with van der Waals surface area (Å²) in [6, 6.07) is 15.6. The standard InChI is InChI=1S/C25H25N3O3S2/c1-5-13-28-22(30)25(33-23(28)32)19(16-9-7-6-8-10-16)15-26(2)24(25)18-14-17(31-4)11-12-20(18)27(3)21(24)29/h5-12,14,19H,1,13,15H2,2-4H3/t19-,24-,25-/m1/s1. The highest BCUT2D eigenvalue weighted by Gasteiger charge is 2.78. The van der Waals surface area contributed by atoms with Gasteiger partial charge in [-0.1, -0.05) is 60.4 Å². The monoisotopic (exact) mass is 479 g/mol. The molecule has 3 heterocycles. The number of methoxy groups -OCH3 is 1. The summed E-state index contributed by atoms with van der Waals surface area (Å²) >= 11 is 7.07. The van der Waals surface area contributed by atoms with Crippen molar-refractivity contribution in [2.45, 2.75) is 16.2 Å². The highest BCUT2D eigenvalue weighted by molar-refractivity contribution is 8.25. The van der Waals surface area contributed by atoms with Crippen molar-refractivity contribution in [3.05, 3.63) is 72.3 Å². The lowest BCUT2D eigenvalue weighted by Gasteiger charge is -2.42. The van der Waals surface area contributed by atoms with Crippen LogP contribution in [0.2, 0.25) is 0 Å². The Morgan fingerprint density at radius 3 is 2.58 bits per heavy atom. The first kappa shape index (κ1) is 22.1. The molecule has 3 aliphatic rings. The molecule has 170 valence electrons. The fraction of sp³-hybridized carbons (Fsp3) is 0.320. The largest absolute Gasteiger partial charge is 0.497 e. The van der Waals surface area contributed by atoms with Gasteiger partial charge >= 0.3 is 0 Å². The highest BCUT2D eigenvalue weighted by atomic mass is 32.2. The lowest BCUT2D eigenvalue weighted by atomic mass is 9.72. The number of amides is 2. The molecule has 2 spiro atoms. The zero-order chi connectivity index (χ0) is 23.5. The number of hydrogen-bond donors (Lipinski definition) is 0. The van der Waals surface area contributed by atoms with Gasteiger partial charge in [0.2, 0.25) is 5.91 Å². The van der Waals surface area contributed by atoms with Crippen LogP contribution in [-0.4, -0.2) is 65.0 Å². The van der Waals surface area contributed by atoms with Crippen LogP contribution in [0, 0.1) is 0 Å². The van der Waals surface area contributed by atoms with E-state index in [9.17, 15) is 9.59 Å². The molecule has 0 aromatic heterocycles. The fourth-order valence-corrected chi connectivity index (χ4v) is 7.92. The number of carbonyl (C=O) groups excluding carboxylic acids is 2. The minimum absolute atomic E-state index is 0.129. The molecule has 2 amide bonds. The van der Waals surface area contributed by atoms with Crippen molar-refractivity contribution < 1.29 is 14.3 Å². The van der Waals surface area contributed by atoms with Gasteiger partial charge in [-0.2, -0.15) is 0 Å². The summed E-state index contributed by atoms with van der Waals surface area (Å²) in [5, 5.41) is 0. The van der Waals surface area contributed by atoms with Crippen molar-refractivity contribution in [1.29, 1.82) is 0 Å². The maximum atomic E-state index is 14.4. The van der Waals surface area contributed by atoms with E-state index in [0.29, 0.717) is 23.2 Å². The van der Waals surface area contributed by atoms with Gasteiger partial charge in [0.15, 0.2) is 5.54 Å². The number of anilines is 1. The molecule has 2 fully saturated rings. The molecule has 0 aliphatic carbocycles. The number of rotatable bonds is 4. The van der Waals surface area contributed by atoms with Gasteiger partial charge in [-0.3, -0.25) is 19.4 Å². The predicted molar refractivity (Wildman–Crippen MR) is 135 cm³/mol. The zero-order valence-electron chi connectivity index (χ0n) is 18.8. The molecule has 8 heteroatoms. The lowest BCUT2D eigenvalue weighted by molar-refractivity contribution is -0.138. The minimum atomic E-state index is -1.23. The van der Waals surface area contributed by atoms with Gasteiger partial charge < -0.3 is 9.64 Å². The first-order chi connectivity index (χ1) is 15.8. The smallest absolute Gasteiger partial charge is 0.254 e. The normalized spacial score (nSPS) is 28.9. The number of carbonyl (C=O) groups is 2. The molecule has 0 radical (unpaired) electrons. The summed E-state index contributed by atoms with van der Waals surface area (Å²) in [5.74, 6) is 0.121. The van der Waals surface area contributed by atoms with E-state index in [2.05, 4.69) is 6.58 Å². The molecule has 2 aromatic rings. The Morgan fingerprint density at radius 1 is 1.18 bits per heavy atom. The lowest BCUT2D eigenvalue weighted by Crippen LogP contribution is -2.62. The van der Waals surface area contributed by atoms with Gasteiger partial charge in [-0.05, 0) is 30.8 Å². The number of likely N-dealkylation sites (tertiary alicyclic amines) is 1. The summed E-state index contributed by atoms with van der Waals surface area (Å²) in [4.78, 5) is 33.9. The molecule has 0 saturated carbocycles. The van der Waals surface area contributed by atoms with E-state index >= 15 is 0 Å². The molecule has 6 nitrogen and oxygen atoms in total. The van der Waals surface area contributed by atoms with Gasteiger partial charge in [-0.25, -0.2) is 0 Å². The minimum Gasteiger partial charge on any atom is -0.497 e. The van der Waals surface area contributed by atoms with Crippen molar-refractivity contribution in [2.24, 2.45) is 0 Å². The van der Waals surface area contributed by atoms with E-state index in [1.807, 2.05) is 60.5 Å². The van der Waals surface area contributed by atoms with E-state index in [1.165, 1.54) is 11.8 Å². The van der Waals surface area contributed by atoms with Crippen molar-refractivity contribution in [3.63, 3.8) is 0 Å². The summed E-state index contributed by atoms with van der Waals surface area (Å²) in [5.41, 5.74) is 1.34. The molecule has 3 aliphatic heterocycles. The van der Waals surface area contributed by atoms with Gasteiger partial charge in [0.05, 0.1) is 7.11 Å². The SMILES string of the molecule is C=CCN1C(=O)[C@]2(SC1=S)[C@@H](c1ccccc1)CN(C)[C@]21C(=O)N(C)c2ccc(OC)cc21. The third-order valence-corrected chi connectivity index (χ3v) is 9.11. The number of fused-ring (bicyclic) bond motifs is 3. The molecular weight excluding hydrogens is 454 g/mol. The second-order valence-electron chi connectivity index (χ2n) is 8.61. The third kappa shape index (κ3) is 2.62. The van der Waals surface area contributed by atoms with E-state index in [0.717, 1.165) is 16.8 Å². The zero-order valence-corrected chi connectivity index (χ0v) is 20.4. The molecule has 0 unspecified atom stereocenters. The van der Waals surface area contributed by atoms with Gasteiger partial charge in [0, 0.05) is 37.3 Å². The Labute approximate surface area is 203 Å². The van der Waals surface area contributed by atoms with Crippen LogP contribution in [0.1, 0.15) is 17.0 Å². The van der Waals surface area contributed by atoms with Gasteiger partial charge in [0.25, 0.3) is 5.91 Å². The highest BCUT2D eigenvalue weighted by Crippen LogP contribution is 2.66. The number of thiocarbonyl (C=S) groups is 1. The average molecular weight is 480 g/mol. The number of ether oxygens (including phenoxy) is 1. The second-order valence-corrected chi connectivity index (χ2v) is 10.5. The van der Waals surface area contributed by atoms with Crippen molar-refractivity contribution in [3.8, 4) is 5.75 Å². The number of nitrogens with zero attached hydrogens (tertiary/aromatic N) is 3. The molecule has 2 aromatic carbocycles. The van der Waals surface area contributed by atoms with Crippen LogP contribution in [0.5, 0.6) is 5.75 Å². The number of thioether (sulfide) groups is 1. The predicted octanol–water partition coefficient (Wildman–Crippen LogP) is 3.38. The molecule has 5 rings (SSSR count). The molecule has 33 heavy (non-hydrogen) atoms.